The molecule has 0 aliphatic carbocycles. The Bertz CT molecular complexity index is 639. The van der Waals surface area contributed by atoms with Crippen molar-refractivity contribution in [3.63, 3.8) is 0 Å². The molecular formula is C15H21N7O. The molecule has 0 spiro atoms. The zero-order valence-electron chi connectivity index (χ0n) is 13.7. The van der Waals surface area contributed by atoms with Crippen molar-refractivity contribution >= 4 is 17.6 Å². The van der Waals surface area contributed by atoms with Gasteiger partial charge in [0.15, 0.2) is 5.75 Å². The van der Waals surface area contributed by atoms with E-state index in [9.17, 15) is 0 Å². The molecule has 0 radical (unpaired) electrons. The van der Waals surface area contributed by atoms with Crippen molar-refractivity contribution in [1.29, 1.82) is 0 Å². The van der Waals surface area contributed by atoms with E-state index in [0.717, 1.165) is 43.8 Å². The molecule has 1 fully saturated rings. The summed E-state index contributed by atoms with van der Waals surface area (Å²) in [7, 11) is 5.57. The standard InChI is InChI=1S/C15H21N7O/c1-20(2)13-8-14(19-11-18-13)21-4-6-22(7-5-21)15-16-9-12(23-3)10-17-15/h8-11H,4-7H2,1-3H3. The second-order valence-corrected chi connectivity index (χ2v) is 5.53. The summed E-state index contributed by atoms with van der Waals surface area (Å²) in [6.45, 7) is 3.46. The fourth-order valence-corrected chi connectivity index (χ4v) is 2.47. The molecule has 2 aromatic rings. The highest BCUT2D eigenvalue weighted by Crippen LogP contribution is 2.19. The summed E-state index contributed by atoms with van der Waals surface area (Å²) in [6, 6.07) is 2.01. The number of methoxy groups -OCH3 is 1. The number of anilines is 3. The van der Waals surface area contributed by atoms with Crippen LogP contribution in [-0.2, 0) is 0 Å². The van der Waals surface area contributed by atoms with Crippen LogP contribution in [0.1, 0.15) is 0 Å². The first kappa shape index (κ1) is 15.3. The molecular weight excluding hydrogens is 294 g/mol. The predicted octanol–water partition coefficient (Wildman–Crippen LogP) is 0.668. The van der Waals surface area contributed by atoms with Crippen molar-refractivity contribution in [2.45, 2.75) is 0 Å². The van der Waals surface area contributed by atoms with E-state index in [0.29, 0.717) is 5.75 Å². The summed E-state index contributed by atoms with van der Waals surface area (Å²) in [6.07, 6.45) is 5.01. The molecule has 8 heteroatoms. The van der Waals surface area contributed by atoms with E-state index >= 15 is 0 Å². The van der Waals surface area contributed by atoms with Crippen LogP contribution in [0.25, 0.3) is 0 Å². The molecule has 0 unspecified atom stereocenters. The fraction of sp³-hybridized carbons (Fsp3) is 0.467. The number of rotatable bonds is 4. The number of piperazine rings is 1. The number of hydrogen-bond donors (Lipinski definition) is 0. The van der Waals surface area contributed by atoms with Gasteiger partial charge in [0, 0.05) is 46.3 Å². The Labute approximate surface area is 135 Å². The van der Waals surface area contributed by atoms with Crippen LogP contribution in [0.3, 0.4) is 0 Å². The Morgan fingerprint density at radius 3 is 2.22 bits per heavy atom. The molecule has 0 saturated carbocycles. The Balaban J connectivity index is 1.64. The summed E-state index contributed by atoms with van der Waals surface area (Å²) < 4.78 is 5.09. The van der Waals surface area contributed by atoms with Gasteiger partial charge < -0.3 is 19.4 Å². The van der Waals surface area contributed by atoms with Crippen molar-refractivity contribution in [2.24, 2.45) is 0 Å². The third kappa shape index (κ3) is 3.41. The first-order chi connectivity index (χ1) is 11.2. The van der Waals surface area contributed by atoms with Crippen molar-refractivity contribution in [3.05, 3.63) is 24.8 Å². The SMILES string of the molecule is COc1cnc(N2CCN(c3cc(N(C)C)ncn3)CC2)nc1. The maximum Gasteiger partial charge on any atom is 0.225 e. The molecule has 1 saturated heterocycles. The number of hydrogen-bond acceptors (Lipinski definition) is 8. The number of aromatic nitrogens is 4. The van der Waals surface area contributed by atoms with E-state index in [2.05, 4.69) is 29.7 Å². The van der Waals surface area contributed by atoms with Crippen LogP contribution in [0.5, 0.6) is 5.75 Å². The summed E-state index contributed by atoms with van der Waals surface area (Å²) in [5.74, 6) is 3.28. The average molecular weight is 315 g/mol. The topological polar surface area (TPSA) is 70.5 Å². The number of ether oxygens (including phenoxy) is 1. The van der Waals surface area contributed by atoms with Gasteiger partial charge in [-0.25, -0.2) is 19.9 Å². The van der Waals surface area contributed by atoms with Crippen molar-refractivity contribution in [3.8, 4) is 5.75 Å². The largest absolute Gasteiger partial charge is 0.494 e. The summed E-state index contributed by atoms with van der Waals surface area (Å²) >= 11 is 0. The molecule has 0 atom stereocenters. The third-order valence-corrected chi connectivity index (χ3v) is 3.83. The summed E-state index contributed by atoms with van der Waals surface area (Å²) in [4.78, 5) is 23.7. The van der Waals surface area contributed by atoms with Crippen LogP contribution in [0.4, 0.5) is 17.6 Å². The van der Waals surface area contributed by atoms with Gasteiger partial charge in [-0.1, -0.05) is 0 Å². The Morgan fingerprint density at radius 1 is 0.957 bits per heavy atom. The minimum Gasteiger partial charge on any atom is -0.494 e. The quantitative estimate of drug-likeness (QED) is 0.815. The second-order valence-electron chi connectivity index (χ2n) is 5.53. The van der Waals surface area contributed by atoms with Crippen LogP contribution in [-0.4, -0.2) is 67.3 Å². The van der Waals surface area contributed by atoms with Crippen LogP contribution in [0.15, 0.2) is 24.8 Å². The van der Waals surface area contributed by atoms with E-state index in [1.165, 1.54) is 0 Å². The lowest BCUT2D eigenvalue weighted by molar-refractivity contribution is 0.410. The smallest absolute Gasteiger partial charge is 0.225 e. The predicted molar refractivity (Wildman–Crippen MR) is 89.4 cm³/mol. The minimum atomic E-state index is 0.671. The molecule has 23 heavy (non-hydrogen) atoms. The van der Waals surface area contributed by atoms with Gasteiger partial charge in [-0.3, -0.25) is 0 Å². The zero-order chi connectivity index (χ0) is 16.2. The highest BCUT2D eigenvalue weighted by molar-refractivity contribution is 5.50. The monoisotopic (exact) mass is 315 g/mol. The third-order valence-electron chi connectivity index (χ3n) is 3.83. The van der Waals surface area contributed by atoms with Crippen molar-refractivity contribution in [1.82, 2.24) is 19.9 Å². The minimum absolute atomic E-state index is 0.671. The van der Waals surface area contributed by atoms with Gasteiger partial charge in [0.05, 0.1) is 19.5 Å². The number of nitrogens with zero attached hydrogens (tertiary/aromatic N) is 7. The zero-order valence-corrected chi connectivity index (χ0v) is 13.7. The van der Waals surface area contributed by atoms with Gasteiger partial charge in [0.2, 0.25) is 5.95 Å². The van der Waals surface area contributed by atoms with Crippen LogP contribution in [0.2, 0.25) is 0 Å². The first-order valence-corrected chi connectivity index (χ1v) is 7.52. The Morgan fingerprint density at radius 2 is 1.61 bits per heavy atom. The molecule has 8 nitrogen and oxygen atoms in total. The fourth-order valence-electron chi connectivity index (χ4n) is 2.47. The van der Waals surface area contributed by atoms with Crippen LogP contribution < -0.4 is 19.4 Å². The highest BCUT2D eigenvalue weighted by Gasteiger charge is 2.20. The molecule has 0 N–H and O–H groups in total. The molecule has 1 aliphatic heterocycles. The van der Waals surface area contributed by atoms with Gasteiger partial charge in [-0.05, 0) is 0 Å². The van der Waals surface area contributed by atoms with Gasteiger partial charge in [-0.15, -0.1) is 0 Å². The molecule has 3 rings (SSSR count). The summed E-state index contributed by atoms with van der Waals surface area (Å²) in [5.41, 5.74) is 0. The average Bonchev–Trinajstić information content (AvgIpc) is 2.62. The van der Waals surface area contributed by atoms with Crippen molar-refractivity contribution in [2.75, 3.05) is 62.1 Å². The van der Waals surface area contributed by atoms with Gasteiger partial charge >= 0.3 is 0 Å². The van der Waals surface area contributed by atoms with E-state index in [1.54, 1.807) is 25.8 Å². The van der Waals surface area contributed by atoms with E-state index in [-0.39, 0.29) is 0 Å². The molecule has 122 valence electrons. The Hall–Kier alpha value is -2.64. The van der Waals surface area contributed by atoms with Gasteiger partial charge in [-0.2, -0.15) is 0 Å². The highest BCUT2D eigenvalue weighted by atomic mass is 16.5. The molecule has 0 amide bonds. The molecule has 3 heterocycles. The first-order valence-electron chi connectivity index (χ1n) is 7.52. The second kappa shape index (κ2) is 6.64. The lowest BCUT2D eigenvalue weighted by Gasteiger charge is -2.35. The lowest BCUT2D eigenvalue weighted by atomic mass is 10.3. The van der Waals surface area contributed by atoms with E-state index in [1.807, 2.05) is 25.1 Å². The molecule has 2 aromatic heterocycles. The summed E-state index contributed by atoms with van der Waals surface area (Å²) in [5, 5.41) is 0. The van der Waals surface area contributed by atoms with Crippen LogP contribution >= 0.6 is 0 Å². The maximum absolute atomic E-state index is 5.09. The van der Waals surface area contributed by atoms with Gasteiger partial charge in [0.1, 0.15) is 18.0 Å². The van der Waals surface area contributed by atoms with Crippen LogP contribution in [0, 0.1) is 0 Å². The molecule has 1 aliphatic rings. The maximum atomic E-state index is 5.09. The van der Waals surface area contributed by atoms with E-state index in [4.69, 9.17) is 4.74 Å². The normalized spacial score (nSPS) is 14.7. The Kier molecular flexibility index (Phi) is 4.40. The molecule has 0 bridgehead atoms. The van der Waals surface area contributed by atoms with Gasteiger partial charge in [0.25, 0.3) is 0 Å². The molecule has 0 aromatic carbocycles. The van der Waals surface area contributed by atoms with Crippen molar-refractivity contribution < 1.29 is 4.74 Å². The van der Waals surface area contributed by atoms with E-state index < -0.39 is 0 Å². The lowest BCUT2D eigenvalue weighted by Crippen LogP contribution is -2.47.